The van der Waals surface area contributed by atoms with Gasteiger partial charge in [-0.05, 0) is 12.3 Å². The van der Waals surface area contributed by atoms with Gasteiger partial charge in [0.1, 0.15) is 5.69 Å². The highest BCUT2D eigenvalue weighted by Gasteiger charge is 2.22. The number of nitrogens with zero attached hydrogens (tertiary/aromatic N) is 3. The molecule has 1 aliphatic rings. The van der Waals surface area contributed by atoms with E-state index in [0.29, 0.717) is 11.6 Å². The second-order valence-electron chi connectivity index (χ2n) is 3.81. The van der Waals surface area contributed by atoms with Crippen molar-refractivity contribution >= 4 is 0 Å². The normalized spacial score (nSPS) is 19.8. The maximum Gasteiger partial charge on any atom is 0.111 e. The van der Waals surface area contributed by atoms with E-state index in [2.05, 4.69) is 10.2 Å². The number of aromatic nitrogens is 3. The van der Waals surface area contributed by atoms with Gasteiger partial charge in [0.2, 0.25) is 0 Å². The lowest BCUT2D eigenvalue weighted by Crippen LogP contribution is -2.15. The van der Waals surface area contributed by atoms with E-state index in [-0.39, 0.29) is 0 Å². The number of hydrogen-bond acceptors (Lipinski definition) is 3. The fourth-order valence-corrected chi connectivity index (χ4v) is 1.68. The molecule has 1 fully saturated rings. The molecule has 1 aromatic heterocycles. The largest absolute Gasteiger partial charge is 0.387 e. The maximum absolute atomic E-state index is 9.75. The van der Waals surface area contributed by atoms with Crippen molar-refractivity contribution in [2.45, 2.75) is 31.8 Å². The lowest BCUT2D eigenvalue weighted by molar-refractivity contribution is 0.114. The maximum atomic E-state index is 9.75. The molecule has 1 aromatic rings. The van der Waals surface area contributed by atoms with Crippen LogP contribution in [0.1, 0.15) is 37.5 Å². The first kappa shape index (κ1) is 8.69. The molecule has 1 N–H and O–H groups in total. The minimum atomic E-state index is -0.418. The zero-order chi connectivity index (χ0) is 9.26. The Morgan fingerprint density at radius 2 is 2.46 bits per heavy atom. The van der Waals surface area contributed by atoms with Gasteiger partial charge in [0, 0.05) is 7.05 Å². The van der Waals surface area contributed by atoms with Crippen molar-refractivity contribution < 1.29 is 5.11 Å². The SMILES string of the molecule is Cn1ncc(C(O)CC2CCC2)n1. The van der Waals surface area contributed by atoms with Gasteiger partial charge in [-0.15, -0.1) is 0 Å². The molecule has 1 heterocycles. The first-order valence-electron chi connectivity index (χ1n) is 4.80. The van der Waals surface area contributed by atoms with Crippen LogP contribution in [0.15, 0.2) is 6.20 Å². The molecule has 4 heteroatoms. The van der Waals surface area contributed by atoms with Crippen LogP contribution in [-0.4, -0.2) is 20.1 Å². The van der Waals surface area contributed by atoms with Crippen LogP contribution in [0.25, 0.3) is 0 Å². The van der Waals surface area contributed by atoms with Gasteiger partial charge in [-0.1, -0.05) is 19.3 Å². The summed E-state index contributed by atoms with van der Waals surface area (Å²) in [5.41, 5.74) is 0.703. The molecule has 2 rings (SSSR count). The fraction of sp³-hybridized carbons (Fsp3) is 0.778. The van der Waals surface area contributed by atoms with E-state index in [0.717, 1.165) is 6.42 Å². The highest BCUT2D eigenvalue weighted by atomic mass is 16.3. The van der Waals surface area contributed by atoms with Gasteiger partial charge in [-0.3, -0.25) is 0 Å². The van der Waals surface area contributed by atoms with E-state index >= 15 is 0 Å². The van der Waals surface area contributed by atoms with Gasteiger partial charge in [0.15, 0.2) is 0 Å². The number of hydrogen-bond donors (Lipinski definition) is 1. The molecule has 1 atom stereocenters. The predicted molar refractivity (Wildman–Crippen MR) is 47.9 cm³/mol. The quantitative estimate of drug-likeness (QED) is 0.758. The van der Waals surface area contributed by atoms with Crippen LogP contribution < -0.4 is 0 Å². The van der Waals surface area contributed by atoms with Crippen LogP contribution in [0.2, 0.25) is 0 Å². The Labute approximate surface area is 77.6 Å². The molecule has 4 nitrogen and oxygen atoms in total. The number of aliphatic hydroxyl groups excluding tert-OH is 1. The standard InChI is InChI=1S/C9H15N3O/c1-12-10-6-8(11-12)9(13)5-7-3-2-4-7/h6-7,9,13H,2-5H2,1H3. The Balaban J connectivity index is 1.92. The Kier molecular flexibility index (Phi) is 2.31. The van der Waals surface area contributed by atoms with Gasteiger partial charge in [0.25, 0.3) is 0 Å². The third-order valence-corrected chi connectivity index (χ3v) is 2.74. The lowest BCUT2D eigenvalue weighted by Gasteiger charge is -2.26. The minimum Gasteiger partial charge on any atom is -0.387 e. The van der Waals surface area contributed by atoms with Crippen molar-refractivity contribution in [2.24, 2.45) is 13.0 Å². The summed E-state index contributed by atoms with van der Waals surface area (Å²) in [7, 11) is 1.76. The molecule has 0 aliphatic heterocycles. The molecule has 1 unspecified atom stereocenters. The average molecular weight is 181 g/mol. The third kappa shape index (κ3) is 1.88. The van der Waals surface area contributed by atoms with E-state index in [9.17, 15) is 5.11 Å². The summed E-state index contributed by atoms with van der Waals surface area (Å²) >= 11 is 0. The zero-order valence-corrected chi connectivity index (χ0v) is 7.85. The average Bonchev–Trinajstić information content (AvgIpc) is 2.44. The van der Waals surface area contributed by atoms with Crippen molar-refractivity contribution in [3.63, 3.8) is 0 Å². The Hall–Kier alpha value is -0.900. The molecule has 13 heavy (non-hydrogen) atoms. The highest BCUT2D eigenvalue weighted by Crippen LogP contribution is 2.33. The van der Waals surface area contributed by atoms with Crippen LogP contribution in [0.3, 0.4) is 0 Å². The van der Waals surface area contributed by atoms with Crippen LogP contribution in [0, 0.1) is 5.92 Å². The monoisotopic (exact) mass is 181 g/mol. The predicted octanol–water partition coefficient (Wildman–Crippen LogP) is 1.04. The Morgan fingerprint density at radius 1 is 1.69 bits per heavy atom. The van der Waals surface area contributed by atoms with Gasteiger partial charge in [-0.25, -0.2) is 0 Å². The smallest absolute Gasteiger partial charge is 0.111 e. The first-order chi connectivity index (χ1) is 6.25. The van der Waals surface area contributed by atoms with Crippen LogP contribution in [0.4, 0.5) is 0 Å². The molecule has 0 saturated heterocycles. The first-order valence-corrected chi connectivity index (χ1v) is 4.80. The molecule has 1 saturated carbocycles. The van der Waals surface area contributed by atoms with Gasteiger partial charge >= 0.3 is 0 Å². The van der Waals surface area contributed by atoms with Crippen molar-refractivity contribution in [1.82, 2.24) is 15.0 Å². The summed E-state index contributed by atoms with van der Waals surface area (Å²) in [4.78, 5) is 1.49. The van der Waals surface area contributed by atoms with Crippen molar-refractivity contribution in [3.8, 4) is 0 Å². The molecule has 0 radical (unpaired) electrons. The summed E-state index contributed by atoms with van der Waals surface area (Å²) in [5.74, 6) is 0.706. The van der Waals surface area contributed by atoms with E-state index in [4.69, 9.17) is 0 Å². The van der Waals surface area contributed by atoms with Crippen LogP contribution >= 0.6 is 0 Å². The minimum absolute atomic E-state index is 0.418. The second kappa shape index (κ2) is 3.46. The molecule has 0 aromatic carbocycles. The summed E-state index contributed by atoms with van der Waals surface area (Å²) in [6.45, 7) is 0. The van der Waals surface area contributed by atoms with Gasteiger partial charge < -0.3 is 5.11 Å². The molecule has 72 valence electrons. The summed E-state index contributed by atoms with van der Waals surface area (Å²) in [6, 6.07) is 0. The molecule has 0 bridgehead atoms. The topological polar surface area (TPSA) is 50.9 Å². The lowest BCUT2D eigenvalue weighted by atomic mass is 9.81. The van der Waals surface area contributed by atoms with Gasteiger partial charge in [-0.2, -0.15) is 15.0 Å². The Bertz CT molecular complexity index is 280. The van der Waals surface area contributed by atoms with Crippen LogP contribution in [0.5, 0.6) is 0 Å². The Morgan fingerprint density at radius 3 is 2.92 bits per heavy atom. The van der Waals surface area contributed by atoms with Crippen molar-refractivity contribution in [1.29, 1.82) is 0 Å². The van der Waals surface area contributed by atoms with E-state index in [1.165, 1.54) is 24.1 Å². The van der Waals surface area contributed by atoms with E-state index < -0.39 is 6.10 Å². The molecule has 1 aliphatic carbocycles. The highest BCUT2D eigenvalue weighted by molar-refractivity contribution is 4.97. The number of rotatable bonds is 3. The molecular weight excluding hydrogens is 166 g/mol. The fourth-order valence-electron chi connectivity index (χ4n) is 1.68. The number of aryl methyl sites for hydroxylation is 1. The summed E-state index contributed by atoms with van der Waals surface area (Å²) < 4.78 is 0. The summed E-state index contributed by atoms with van der Waals surface area (Å²) in [6.07, 6.45) is 5.91. The number of aliphatic hydroxyl groups is 1. The second-order valence-corrected chi connectivity index (χ2v) is 3.81. The summed E-state index contributed by atoms with van der Waals surface area (Å²) in [5, 5.41) is 17.8. The van der Waals surface area contributed by atoms with E-state index in [1.54, 1.807) is 13.2 Å². The molecular formula is C9H15N3O. The van der Waals surface area contributed by atoms with Crippen molar-refractivity contribution in [3.05, 3.63) is 11.9 Å². The molecule has 0 spiro atoms. The zero-order valence-electron chi connectivity index (χ0n) is 7.85. The molecule has 0 amide bonds. The van der Waals surface area contributed by atoms with Gasteiger partial charge in [0.05, 0.1) is 12.3 Å². The van der Waals surface area contributed by atoms with Crippen molar-refractivity contribution in [2.75, 3.05) is 0 Å². The third-order valence-electron chi connectivity index (χ3n) is 2.74. The van der Waals surface area contributed by atoms with E-state index in [1.807, 2.05) is 0 Å². The van der Waals surface area contributed by atoms with Crippen LogP contribution in [-0.2, 0) is 7.05 Å².